The number of halogens is 1. The van der Waals surface area contributed by atoms with Gasteiger partial charge in [-0.15, -0.1) is 11.3 Å². The summed E-state index contributed by atoms with van der Waals surface area (Å²) in [4.78, 5) is 9.35. The molecule has 2 heterocycles. The Labute approximate surface area is 122 Å². The lowest BCUT2D eigenvalue weighted by Gasteiger charge is -2.09. The van der Waals surface area contributed by atoms with Crippen LogP contribution in [0.1, 0.15) is 26.7 Å². The molecular formula is C13H18ClN3OS. The molecule has 0 aliphatic carbocycles. The second-order valence-electron chi connectivity index (χ2n) is 4.53. The normalized spacial score (nSPS) is 11.4. The van der Waals surface area contributed by atoms with Crippen molar-refractivity contribution in [3.63, 3.8) is 0 Å². The Morgan fingerprint density at radius 1 is 1.37 bits per heavy atom. The molecule has 0 spiro atoms. The molecule has 4 nitrogen and oxygen atoms in total. The molecule has 0 aromatic carbocycles. The predicted octanol–water partition coefficient (Wildman–Crippen LogP) is 3.96. The lowest BCUT2D eigenvalue weighted by atomic mass is 10.3. The maximum Gasteiger partial charge on any atom is 0.225 e. The molecule has 1 N–H and O–H groups in total. The van der Waals surface area contributed by atoms with Crippen molar-refractivity contribution in [3.05, 3.63) is 16.7 Å². The summed E-state index contributed by atoms with van der Waals surface area (Å²) in [5.41, 5.74) is 0. The number of rotatable bonds is 7. The third-order valence-electron chi connectivity index (χ3n) is 2.61. The van der Waals surface area contributed by atoms with E-state index in [2.05, 4.69) is 29.1 Å². The van der Waals surface area contributed by atoms with E-state index in [1.807, 2.05) is 11.4 Å². The van der Waals surface area contributed by atoms with Crippen molar-refractivity contribution in [3.8, 4) is 0 Å². The number of thiophene rings is 1. The Morgan fingerprint density at radius 3 is 3.00 bits per heavy atom. The van der Waals surface area contributed by atoms with Gasteiger partial charge >= 0.3 is 0 Å². The van der Waals surface area contributed by atoms with Gasteiger partial charge in [-0.2, -0.15) is 0 Å². The Kier molecular flexibility index (Phi) is 5.36. The number of nitrogens with one attached hydrogen (secondary N) is 1. The summed E-state index contributed by atoms with van der Waals surface area (Å²) >= 11 is 7.47. The molecule has 0 unspecified atom stereocenters. The highest BCUT2D eigenvalue weighted by atomic mass is 35.5. The molecular weight excluding hydrogens is 282 g/mol. The van der Waals surface area contributed by atoms with Crippen LogP contribution >= 0.6 is 22.9 Å². The number of nitrogens with zero attached hydrogens (tertiary/aromatic N) is 2. The van der Waals surface area contributed by atoms with Gasteiger partial charge in [0, 0.05) is 13.2 Å². The highest BCUT2D eigenvalue weighted by molar-refractivity contribution is 7.16. The van der Waals surface area contributed by atoms with Crippen molar-refractivity contribution in [2.24, 2.45) is 0 Å². The van der Waals surface area contributed by atoms with Gasteiger partial charge in [0.15, 0.2) is 0 Å². The molecule has 0 fully saturated rings. The van der Waals surface area contributed by atoms with Gasteiger partial charge in [-0.1, -0.05) is 0 Å². The molecule has 2 aromatic heterocycles. The highest BCUT2D eigenvalue weighted by Gasteiger charge is 2.06. The van der Waals surface area contributed by atoms with E-state index in [9.17, 15) is 0 Å². The van der Waals surface area contributed by atoms with Gasteiger partial charge in [-0.05, 0) is 49.7 Å². The van der Waals surface area contributed by atoms with E-state index in [-0.39, 0.29) is 0 Å². The van der Waals surface area contributed by atoms with E-state index < -0.39 is 0 Å². The molecule has 0 saturated carbocycles. The Balaban J connectivity index is 1.83. The lowest BCUT2D eigenvalue weighted by Crippen LogP contribution is -2.08. The van der Waals surface area contributed by atoms with E-state index in [4.69, 9.17) is 16.3 Å². The minimum absolute atomic E-state index is 0.292. The Bertz CT molecular complexity index is 530. The zero-order chi connectivity index (χ0) is 13.7. The van der Waals surface area contributed by atoms with Gasteiger partial charge in [0.05, 0.1) is 11.5 Å². The molecule has 2 rings (SSSR count). The Hall–Kier alpha value is -0.910. The van der Waals surface area contributed by atoms with Crippen LogP contribution in [0.2, 0.25) is 5.28 Å². The molecule has 0 radical (unpaired) electrons. The topological polar surface area (TPSA) is 47.0 Å². The summed E-state index contributed by atoms with van der Waals surface area (Å²) in [5, 5.41) is 6.64. The first-order valence-corrected chi connectivity index (χ1v) is 7.69. The van der Waals surface area contributed by atoms with Gasteiger partial charge in [-0.3, -0.25) is 0 Å². The molecule has 2 aromatic rings. The predicted molar refractivity (Wildman–Crippen MR) is 81.2 cm³/mol. The van der Waals surface area contributed by atoms with Crippen LogP contribution < -0.4 is 5.32 Å². The Morgan fingerprint density at radius 2 is 2.21 bits per heavy atom. The minimum atomic E-state index is 0.292. The first-order valence-electron chi connectivity index (χ1n) is 6.43. The number of ether oxygens (including phenoxy) is 1. The van der Waals surface area contributed by atoms with Crippen LogP contribution in [0.15, 0.2) is 11.4 Å². The number of hydrogen-bond donors (Lipinski definition) is 1. The summed E-state index contributed by atoms with van der Waals surface area (Å²) in [5.74, 6) is 0.820. The maximum atomic E-state index is 5.90. The van der Waals surface area contributed by atoms with Crippen molar-refractivity contribution in [2.75, 3.05) is 18.5 Å². The zero-order valence-corrected chi connectivity index (χ0v) is 12.7. The van der Waals surface area contributed by atoms with Gasteiger partial charge in [0.1, 0.15) is 10.6 Å². The first kappa shape index (κ1) is 14.5. The van der Waals surface area contributed by atoms with Crippen LogP contribution in [0.3, 0.4) is 0 Å². The third kappa shape index (κ3) is 4.30. The van der Waals surface area contributed by atoms with Gasteiger partial charge in [-0.25, -0.2) is 9.97 Å². The molecule has 0 aliphatic heterocycles. The SMILES string of the molecule is CC(C)OCCCCNc1nc(Cl)nc2sccc12. The zero-order valence-electron chi connectivity index (χ0n) is 11.1. The van der Waals surface area contributed by atoms with Gasteiger partial charge in [0.25, 0.3) is 0 Å². The summed E-state index contributed by atoms with van der Waals surface area (Å²) in [6.07, 6.45) is 2.38. The van der Waals surface area contributed by atoms with E-state index in [1.165, 1.54) is 0 Å². The largest absolute Gasteiger partial charge is 0.379 e. The number of anilines is 1. The van der Waals surface area contributed by atoms with E-state index in [0.29, 0.717) is 11.4 Å². The van der Waals surface area contributed by atoms with Crippen LogP contribution in [0.5, 0.6) is 0 Å². The smallest absolute Gasteiger partial charge is 0.225 e. The fraction of sp³-hybridized carbons (Fsp3) is 0.538. The number of unbranched alkanes of at least 4 members (excludes halogenated alkanes) is 1. The number of hydrogen-bond acceptors (Lipinski definition) is 5. The average molecular weight is 300 g/mol. The molecule has 0 saturated heterocycles. The lowest BCUT2D eigenvalue weighted by molar-refractivity contribution is 0.0765. The first-order chi connectivity index (χ1) is 9.16. The van der Waals surface area contributed by atoms with E-state index in [1.54, 1.807) is 11.3 Å². The quantitative estimate of drug-likeness (QED) is 0.621. The molecule has 0 aliphatic rings. The fourth-order valence-electron chi connectivity index (χ4n) is 1.72. The van der Waals surface area contributed by atoms with Gasteiger partial charge < -0.3 is 10.1 Å². The van der Waals surface area contributed by atoms with Crippen LogP contribution in [-0.2, 0) is 4.74 Å². The van der Waals surface area contributed by atoms with Crippen molar-refractivity contribution >= 4 is 39.0 Å². The van der Waals surface area contributed by atoms with Gasteiger partial charge in [0.2, 0.25) is 5.28 Å². The summed E-state index contributed by atoms with van der Waals surface area (Å²) in [6, 6.07) is 2.01. The minimum Gasteiger partial charge on any atom is -0.379 e. The molecule has 104 valence electrons. The van der Waals surface area contributed by atoms with Crippen molar-refractivity contribution in [1.82, 2.24) is 9.97 Å². The molecule has 6 heteroatoms. The second kappa shape index (κ2) is 7.03. The molecule has 0 atom stereocenters. The number of fused-ring (bicyclic) bond motifs is 1. The standard InChI is InChI=1S/C13H18ClN3OS/c1-9(2)18-7-4-3-6-15-11-10-5-8-19-12(10)17-13(14)16-11/h5,8-9H,3-4,6-7H2,1-2H3,(H,15,16,17). The highest BCUT2D eigenvalue weighted by Crippen LogP contribution is 2.26. The second-order valence-corrected chi connectivity index (χ2v) is 5.77. The van der Waals surface area contributed by atoms with E-state index in [0.717, 1.165) is 42.0 Å². The molecule has 0 bridgehead atoms. The monoisotopic (exact) mass is 299 g/mol. The third-order valence-corrected chi connectivity index (χ3v) is 3.59. The maximum absolute atomic E-state index is 5.90. The summed E-state index contributed by atoms with van der Waals surface area (Å²) in [7, 11) is 0. The van der Waals surface area contributed by atoms with Crippen LogP contribution in [-0.4, -0.2) is 29.2 Å². The molecule has 0 amide bonds. The summed E-state index contributed by atoms with van der Waals surface area (Å²) in [6.45, 7) is 5.76. The van der Waals surface area contributed by atoms with Crippen molar-refractivity contribution in [1.29, 1.82) is 0 Å². The van der Waals surface area contributed by atoms with Crippen LogP contribution in [0, 0.1) is 0 Å². The van der Waals surface area contributed by atoms with Crippen molar-refractivity contribution < 1.29 is 4.74 Å². The van der Waals surface area contributed by atoms with Crippen molar-refractivity contribution in [2.45, 2.75) is 32.8 Å². The summed E-state index contributed by atoms with van der Waals surface area (Å²) < 4.78 is 5.50. The van der Waals surface area contributed by atoms with Crippen LogP contribution in [0.25, 0.3) is 10.2 Å². The fourth-order valence-corrected chi connectivity index (χ4v) is 2.70. The average Bonchev–Trinajstić information content (AvgIpc) is 2.80. The van der Waals surface area contributed by atoms with Crippen LogP contribution in [0.4, 0.5) is 5.82 Å². The van der Waals surface area contributed by atoms with E-state index >= 15 is 0 Å². The number of aromatic nitrogens is 2. The molecule has 19 heavy (non-hydrogen) atoms.